The van der Waals surface area contributed by atoms with E-state index in [4.69, 9.17) is 10.5 Å². The van der Waals surface area contributed by atoms with E-state index in [2.05, 4.69) is 21.5 Å². The number of aryl methyl sites for hydroxylation is 1. The van der Waals surface area contributed by atoms with E-state index < -0.39 is 35.7 Å². The first-order chi connectivity index (χ1) is 18.9. The second-order valence-corrected chi connectivity index (χ2v) is 9.80. The maximum atomic E-state index is 14.1. The highest BCUT2D eigenvalue weighted by atomic mass is 19.4. The third kappa shape index (κ3) is 6.56. The van der Waals surface area contributed by atoms with Crippen LogP contribution in [-0.2, 0) is 18.2 Å². The molecule has 0 radical (unpaired) electrons. The van der Waals surface area contributed by atoms with Gasteiger partial charge in [-0.25, -0.2) is 23.7 Å². The van der Waals surface area contributed by atoms with E-state index in [1.807, 2.05) is 4.90 Å². The van der Waals surface area contributed by atoms with Gasteiger partial charge in [0.25, 0.3) is 0 Å². The second-order valence-electron chi connectivity index (χ2n) is 9.80. The Balaban J connectivity index is 1.48. The molecule has 0 bridgehead atoms. The van der Waals surface area contributed by atoms with Gasteiger partial charge in [0.15, 0.2) is 0 Å². The Morgan fingerprint density at radius 3 is 2.38 bits per heavy atom. The summed E-state index contributed by atoms with van der Waals surface area (Å²) in [7, 11) is 0. The Labute approximate surface area is 228 Å². The number of allylic oxidation sites excluding steroid dienone is 1. The Morgan fingerprint density at radius 2 is 1.75 bits per heavy atom. The van der Waals surface area contributed by atoms with Gasteiger partial charge in [-0.05, 0) is 38.0 Å². The smallest absolute Gasteiger partial charge is 0.433 e. The minimum absolute atomic E-state index is 0.0356. The molecule has 3 heterocycles. The fraction of sp³-hybridized carbons (Fsp3) is 0.393. The number of aromatic nitrogens is 3. The molecule has 3 aromatic rings. The van der Waals surface area contributed by atoms with Crippen molar-refractivity contribution in [3.8, 4) is 5.88 Å². The number of alkyl halides is 3. The number of nitrogens with two attached hydrogens (primary N) is 1. The lowest BCUT2D eigenvalue weighted by Gasteiger charge is -2.37. The van der Waals surface area contributed by atoms with Crippen LogP contribution in [0.25, 0.3) is 0 Å². The lowest BCUT2D eigenvalue weighted by Crippen LogP contribution is -2.43. The molecule has 1 unspecified atom stereocenters. The number of hydrogen-bond acceptors (Lipinski definition) is 7. The van der Waals surface area contributed by atoms with E-state index >= 15 is 0 Å². The largest absolute Gasteiger partial charge is 0.474 e. The monoisotopic (exact) mass is 563 g/mol. The highest BCUT2D eigenvalue weighted by Gasteiger charge is 2.37. The fourth-order valence-electron chi connectivity index (χ4n) is 4.74. The SMILES string of the molecule is C=C(Cc1c(F)cccc1F)N1CCC(c2nc(C)ncc2C(O)(CN)COc2cccc(C(F)(F)F)n2)CC1. The van der Waals surface area contributed by atoms with Crippen LogP contribution >= 0.6 is 0 Å². The lowest BCUT2D eigenvalue weighted by molar-refractivity contribution is -0.141. The van der Waals surface area contributed by atoms with E-state index in [1.54, 1.807) is 6.92 Å². The third-order valence-electron chi connectivity index (χ3n) is 7.02. The molecule has 1 aliphatic heterocycles. The second kappa shape index (κ2) is 11.8. The summed E-state index contributed by atoms with van der Waals surface area (Å²) in [4.78, 5) is 14.2. The van der Waals surface area contributed by atoms with Crippen molar-refractivity contribution in [1.29, 1.82) is 0 Å². The van der Waals surface area contributed by atoms with Gasteiger partial charge in [0.1, 0.15) is 35.4 Å². The van der Waals surface area contributed by atoms with E-state index in [1.165, 1.54) is 30.5 Å². The molecule has 1 saturated heterocycles. The molecule has 1 aliphatic rings. The molecule has 40 heavy (non-hydrogen) atoms. The van der Waals surface area contributed by atoms with Crippen LogP contribution < -0.4 is 10.5 Å². The van der Waals surface area contributed by atoms with Crippen LogP contribution in [-0.4, -0.2) is 51.2 Å². The van der Waals surface area contributed by atoms with Crippen molar-refractivity contribution in [2.45, 2.75) is 43.9 Å². The Bertz CT molecular complexity index is 1340. The van der Waals surface area contributed by atoms with Crippen molar-refractivity contribution in [1.82, 2.24) is 19.9 Å². The van der Waals surface area contributed by atoms with Crippen molar-refractivity contribution >= 4 is 0 Å². The summed E-state index contributed by atoms with van der Waals surface area (Å²) in [5.41, 5.74) is 4.44. The van der Waals surface area contributed by atoms with Crippen LogP contribution in [0.15, 0.2) is 54.9 Å². The number of rotatable bonds is 9. The Hall–Kier alpha value is -3.64. The summed E-state index contributed by atoms with van der Waals surface area (Å²) >= 11 is 0. The molecule has 3 N–H and O–H groups in total. The minimum atomic E-state index is -4.65. The molecule has 0 saturated carbocycles. The Kier molecular flexibility index (Phi) is 8.69. The zero-order valence-corrected chi connectivity index (χ0v) is 21.9. The van der Waals surface area contributed by atoms with Gasteiger partial charge in [0, 0.05) is 61.1 Å². The number of benzene rings is 1. The minimum Gasteiger partial charge on any atom is -0.474 e. The predicted octanol–water partition coefficient (Wildman–Crippen LogP) is 4.64. The zero-order chi connectivity index (χ0) is 29.1. The number of likely N-dealkylation sites (tertiary alicyclic amines) is 1. The van der Waals surface area contributed by atoms with Crippen LogP contribution in [0.1, 0.15) is 47.1 Å². The van der Waals surface area contributed by atoms with E-state index in [0.717, 1.165) is 12.1 Å². The van der Waals surface area contributed by atoms with Gasteiger partial charge in [-0.3, -0.25) is 0 Å². The molecule has 7 nitrogen and oxygen atoms in total. The van der Waals surface area contributed by atoms with Crippen molar-refractivity contribution in [3.63, 3.8) is 0 Å². The van der Waals surface area contributed by atoms with Crippen molar-refractivity contribution in [2.75, 3.05) is 26.2 Å². The Morgan fingerprint density at radius 1 is 1.10 bits per heavy atom. The molecule has 0 spiro atoms. The summed E-state index contributed by atoms with van der Waals surface area (Å²) in [5.74, 6) is -1.20. The molecule has 1 fully saturated rings. The molecule has 2 aromatic heterocycles. The molecule has 4 rings (SSSR count). The third-order valence-corrected chi connectivity index (χ3v) is 7.02. The fourth-order valence-corrected chi connectivity index (χ4v) is 4.74. The number of piperidine rings is 1. The summed E-state index contributed by atoms with van der Waals surface area (Å²) in [5, 5.41) is 11.5. The van der Waals surface area contributed by atoms with Gasteiger partial charge in [0.05, 0.1) is 5.69 Å². The van der Waals surface area contributed by atoms with Gasteiger partial charge in [-0.1, -0.05) is 18.7 Å². The topological polar surface area (TPSA) is 97.4 Å². The molecule has 0 amide bonds. The van der Waals surface area contributed by atoms with Gasteiger partial charge in [0.2, 0.25) is 5.88 Å². The van der Waals surface area contributed by atoms with E-state index in [-0.39, 0.29) is 30.3 Å². The average Bonchev–Trinajstić information content (AvgIpc) is 2.93. The molecular weight excluding hydrogens is 533 g/mol. The van der Waals surface area contributed by atoms with Crippen LogP contribution in [0.3, 0.4) is 0 Å². The molecular formula is C28H30F5N5O2. The van der Waals surface area contributed by atoms with Crippen LogP contribution in [0.4, 0.5) is 22.0 Å². The maximum absolute atomic E-state index is 14.1. The predicted molar refractivity (Wildman–Crippen MR) is 137 cm³/mol. The zero-order valence-electron chi connectivity index (χ0n) is 21.9. The van der Waals surface area contributed by atoms with Crippen LogP contribution in [0.5, 0.6) is 5.88 Å². The summed E-state index contributed by atoms with van der Waals surface area (Å²) in [6, 6.07) is 6.98. The molecule has 1 atom stereocenters. The van der Waals surface area contributed by atoms with Crippen molar-refractivity contribution < 1.29 is 31.8 Å². The first-order valence-corrected chi connectivity index (χ1v) is 12.7. The number of pyridine rings is 1. The van der Waals surface area contributed by atoms with E-state index in [0.29, 0.717) is 48.7 Å². The van der Waals surface area contributed by atoms with Crippen LogP contribution in [0.2, 0.25) is 0 Å². The van der Waals surface area contributed by atoms with Gasteiger partial charge < -0.3 is 20.5 Å². The normalized spacial score (nSPS) is 16.1. The summed E-state index contributed by atoms with van der Waals surface area (Å²) in [6.45, 7) is 6.03. The first-order valence-electron chi connectivity index (χ1n) is 12.7. The summed E-state index contributed by atoms with van der Waals surface area (Å²) < 4.78 is 72.8. The molecule has 0 aliphatic carbocycles. The van der Waals surface area contributed by atoms with Crippen LogP contribution in [0, 0.1) is 18.6 Å². The number of aliphatic hydroxyl groups is 1. The lowest BCUT2D eigenvalue weighted by atomic mass is 9.84. The number of nitrogens with zero attached hydrogens (tertiary/aromatic N) is 4. The van der Waals surface area contributed by atoms with Gasteiger partial charge >= 0.3 is 6.18 Å². The average molecular weight is 564 g/mol. The number of halogens is 5. The standard InChI is InChI=1S/C28H30F5N5O2/c1-17(13-20-22(29)5-3-6-23(20)30)38-11-9-19(10-12-38)26-21(14-35-18(2)36-26)27(39,15-34)16-40-25-8-4-7-24(37-25)28(31,32)33/h3-8,14,19,39H,1,9-13,15-16,34H2,2H3. The molecule has 1 aromatic carbocycles. The van der Waals surface area contributed by atoms with Gasteiger partial charge in [-0.2, -0.15) is 13.2 Å². The van der Waals surface area contributed by atoms with Crippen molar-refractivity contribution in [3.05, 3.63) is 94.8 Å². The highest BCUT2D eigenvalue weighted by molar-refractivity contribution is 5.30. The number of hydrogen-bond donors (Lipinski definition) is 2. The molecule has 12 heteroatoms. The summed E-state index contributed by atoms with van der Waals surface area (Å²) in [6.07, 6.45) is -1.96. The van der Waals surface area contributed by atoms with Gasteiger partial charge in [-0.15, -0.1) is 0 Å². The number of ether oxygens (including phenoxy) is 1. The quantitative estimate of drug-likeness (QED) is 0.366. The first kappa shape index (κ1) is 29.3. The van der Waals surface area contributed by atoms with Crippen molar-refractivity contribution in [2.24, 2.45) is 5.73 Å². The van der Waals surface area contributed by atoms with E-state index in [9.17, 15) is 27.1 Å². The maximum Gasteiger partial charge on any atom is 0.433 e. The molecule has 214 valence electrons. The highest BCUT2D eigenvalue weighted by Crippen LogP contribution is 2.35.